The summed E-state index contributed by atoms with van der Waals surface area (Å²) in [6.45, 7) is 8.55. The van der Waals surface area contributed by atoms with E-state index in [1.54, 1.807) is 28.2 Å². The van der Waals surface area contributed by atoms with Crippen LogP contribution in [0.3, 0.4) is 0 Å². The quantitative estimate of drug-likeness (QED) is 0.457. The summed E-state index contributed by atoms with van der Waals surface area (Å²) in [7, 11) is 0. The van der Waals surface area contributed by atoms with Crippen LogP contribution in [-0.2, 0) is 24.2 Å². The van der Waals surface area contributed by atoms with Gasteiger partial charge in [-0.1, -0.05) is 7.43 Å². The van der Waals surface area contributed by atoms with Crippen molar-refractivity contribution < 1.29 is 18.0 Å². The molecule has 7 nitrogen and oxygen atoms in total. The number of rotatable bonds is 7. The van der Waals surface area contributed by atoms with Gasteiger partial charge < -0.3 is 9.80 Å². The van der Waals surface area contributed by atoms with Gasteiger partial charge in [0.1, 0.15) is 17.6 Å². The highest BCUT2D eigenvalue weighted by molar-refractivity contribution is 6.04. The van der Waals surface area contributed by atoms with Crippen molar-refractivity contribution in [1.82, 2.24) is 19.7 Å². The molecule has 35 heavy (non-hydrogen) atoms. The lowest BCUT2D eigenvalue weighted by Gasteiger charge is -2.42. The number of halogens is 3. The first-order chi connectivity index (χ1) is 16.2. The maximum Gasteiger partial charge on any atom is 0.249 e. The van der Waals surface area contributed by atoms with E-state index in [2.05, 4.69) is 10.1 Å². The molecule has 1 atom stereocenters. The summed E-state index contributed by atoms with van der Waals surface area (Å²) in [5.74, 6) is -2.48. The van der Waals surface area contributed by atoms with Gasteiger partial charge in [-0.2, -0.15) is 5.10 Å². The minimum absolute atomic E-state index is 0. The van der Waals surface area contributed by atoms with Crippen LogP contribution in [0.2, 0.25) is 0 Å². The number of fused-ring (bicyclic) bond motifs is 1. The molecule has 0 bridgehead atoms. The van der Waals surface area contributed by atoms with Gasteiger partial charge in [0.25, 0.3) is 0 Å². The standard InChI is InChI=1S/C24H27F3N6O.CH4/c1-5-32-20-11-28-21(30-23(20)33(14(2)3)15(4)24(32)34)7-6-16-10-29-31(12-16)13-17-8-18(25)22(27)19(26)9-17;/h8-12,14-15H,5-7,13H2,1-4H3;1H4/t15-;/m0./s1. The smallest absolute Gasteiger partial charge is 0.249 e. The zero-order valence-corrected chi connectivity index (χ0v) is 19.6. The number of carbonyl (C=O) groups is 1. The van der Waals surface area contributed by atoms with Crippen molar-refractivity contribution in [3.05, 3.63) is 65.1 Å². The molecule has 188 valence electrons. The molecule has 1 aromatic carbocycles. The molecule has 0 saturated carbocycles. The number of anilines is 2. The first kappa shape index (κ1) is 26.2. The fourth-order valence-corrected chi connectivity index (χ4v) is 4.33. The lowest BCUT2D eigenvalue weighted by molar-refractivity contribution is -0.120. The van der Waals surface area contributed by atoms with E-state index in [-0.39, 0.29) is 37.5 Å². The number of aryl methyl sites for hydroxylation is 2. The van der Waals surface area contributed by atoms with E-state index in [0.717, 1.165) is 29.2 Å². The fourth-order valence-electron chi connectivity index (χ4n) is 4.33. The third-order valence-corrected chi connectivity index (χ3v) is 5.96. The molecule has 1 amide bonds. The van der Waals surface area contributed by atoms with Crippen molar-refractivity contribution >= 4 is 17.4 Å². The molecule has 1 aliphatic heterocycles. The average molecular weight is 489 g/mol. The second kappa shape index (κ2) is 10.5. The molecule has 3 heterocycles. The van der Waals surface area contributed by atoms with Gasteiger partial charge in [0.15, 0.2) is 23.3 Å². The van der Waals surface area contributed by atoms with E-state index in [1.807, 2.05) is 32.6 Å². The number of benzene rings is 1. The molecule has 0 aliphatic carbocycles. The van der Waals surface area contributed by atoms with Gasteiger partial charge >= 0.3 is 0 Å². The molecule has 10 heteroatoms. The Labute approximate surface area is 203 Å². The Morgan fingerprint density at radius 2 is 1.74 bits per heavy atom. The van der Waals surface area contributed by atoms with E-state index in [0.29, 0.717) is 25.2 Å². The first-order valence-electron chi connectivity index (χ1n) is 11.3. The molecule has 0 fully saturated rings. The molecule has 0 N–H and O–H groups in total. The Morgan fingerprint density at radius 1 is 1.06 bits per heavy atom. The molecule has 4 rings (SSSR count). The van der Waals surface area contributed by atoms with Crippen LogP contribution in [0, 0.1) is 17.5 Å². The maximum absolute atomic E-state index is 13.5. The number of hydrogen-bond acceptors (Lipinski definition) is 5. The van der Waals surface area contributed by atoms with Crippen LogP contribution >= 0.6 is 0 Å². The van der Waals surface area contributed by atoms with Crippen molar-refractivity contribution in [3.63, 3.8) is 0 Å². The van der Waals surface area contributed by atoms with Crippen LogP contribution < -0.4 is 9.80 Å². The Morgan fingerprint density at radius 3 is 2.37 bits per heavy atom. The summed E-state index contributed by atoms with van der Waals surface area (Å²) in [6, 6.07) is 1.72. The number of aromatic nitrogens is 4. The van der Waals surface area contributed by atoms with Gasteiger partial charge in [0.05, 0.1) is 18.9 Å². The van der Waals surface area contributed by atoms with Gasteiger partial charge in [-0.15, -0.1) is 0 Å². The molecule has 0 unspecified atom stereocenters. The Balaban J connectivity index is 0.00000342. The molecular formula is C25H31F3N6O. The Hall–Kier alpha value is -3.43. The SMILES string of the molecule is C.CCN1C(=O)[C@H](C)N(C(C)C)c2nc(CCc3cnn(Cc4cc(F)c(F)c(F)c4)c3)ncc21. The molecule has 0 saturated heterocycles. The van der Waals surface area contributed by atoms with Crippen LogP contribution in [0.1, 0.15) is 52.1 Å². The second-order valence-electron chi connectivity index (χ2n) is 8.67. The van der Waals surface area contributed by atoms with Crippen LogP contribution in [0.15, 0.2) is 30.7 Å². The lowest BCUT2D eigenvalue weighted by atomic mass is 10.1. The second-order valence-corrected chi connectivity index (χ2v) is 8.67. The maximum atomic E-state index is 13.5. The highest BCUT2D eigenvalue weighted by atomic mass is 19.2. The van der Waals surface area contributed by atoms with Crippen LogP contribution in [0.4, 0.5) is 24.7 Å². The monoisotopic (exact) mass is 488 g/mol. The molecule has 2 aromatic heterocycles. The minimum Gasteiger partial charge on any atom is -0.341 e. The van der Waals surface area contributed by atoms with Gasteiger partial charge in [0.2, 0.25) is 5.91 Å². The summed E-state index contributed by atoms with van der Waals surface area (Å²) in [4.78, 5) is 25.8. The third kappa shape index (κ3) is 5.16. The lowest BCUT2D eigenvalue weighted by Crippen LogP contribution is -2.54. The van der Waals surface area contributed by atoms with E-state index in [4.69, 9.17) is 4.98 Å². The summed E-state index contributed by atoms with van der Waals surface area (Å²) < 4.78 is 41.6. The van der Waals surface area contributed by atoms with Crippen molar-refractivity contribution in [2.75, 3.05) is 16.3 Å². The van der Waals surface area contributed by atoms with E-state index in [1.165, 1.54) is 0 Å². The zero-order chi connectivity index (χ0) is 24.6. The van der Waals surface area contributed by atoms with Crippen LogP contribution in [0.25, 0.3) is 0 Å². The third-order valence-electron chi connectivity index (χ3n) is 5.96. The number of hydrogen-bond donors (Lipinski definition) is 0. The van der Waals surface area contributed by atoms with Gasteiger partial charge in [-0.05, 0) is 57.4 Å². The molecule has 1 aliphatic rings. The van der Waals surface area contributed by atoms with Gasteiger partial charge in [-0.25, -0.2) is 23.1 Å². The topological polar surface area (TPSA) is 67.2 Å². The molecule has 0 radical (unpaired) electrons. The van der Waals surface area contributed by atoms with Gasteiger partial charge in [-0.3, -0.25) is 9.48 Å². The number of amides is 1. The van der Waals surface area contributed by atoms with Crippen molar-refractivity contribution in [1.29, 1.82) is 0 Å². The summed E-state index contributed by atoms with van der Waals surface area (Å²) in [5.41, 5.74) is 1.90. The molecule has 3 aromatic rings. The highest BCUT2D eigenvalue weighted by Gasteiger charge is 2.37. The predicted octanol–water partition coefficient (Wildman–Crippen LogP) is 4.53. The predicted molar refractivity (Wildman–Crippen MR) is 129 cm³/mol. The largest absolute Gasteiger partial charge is 0.341 e. The number of nitrogens with zero attached hydrogens (tertiary/aromatic N) is 6. The molecular weight excluding hydrogens is 457 g/mol. The fraction of sp³-hybridized carbons (Fsp3) is 0.440. The van der Waals surface area contributed by atoms with E-state index >= 15 is 0 Å². The minimum atomic E-state index is -1.48. The van der Waals surface area contributed by atoms with Crippen molar-refractivity contribution in [2.24, 2.45) is 0 Å². The van der Waals surface area contributed by atoms with Gasteiger partial charge in [0, 0.05) is 25.2 Å². The summed E-state index contributed by atoms with van der Waals surface area (Å²) >= 11 is 0. The normalized spacial score (nSPS) is 15.4. The van der Waals surface area contributed by atoms with Crippen molar-refractivity contribution in [3.8, 4) is 0 Å². The average Bonchev–Trinajstić information content (AvgIpc) is 3.24. The van der Waals surface area contributed by atoms with Crippen LogP contribution in [0.5, 0.6) is 0 Å². The Bertz CT molecular complexity index is 1190. The summed E-state index contributed by atoms with van der Waals surface area (Å²) in [6.07, 6.45) is 6.32. The van der Waals surface area contributed by atoms with E-state index < -0.39 is 17.5 Å². The van der Waals surface area contributed by atoms with Crippen molar-refractivity contribution in [2.45, 2.75) is 66.6 Å². The Kier molecular flexibility index (Phi) is 7.82. The highest BCUT2D eigenvalue weighted by Crippen LogP contribution is 2.35. The zero-order valence-electron chi connectivity index (χ0n) is 19.6. The van der Waals surface area contributed by atoms with E-state index in [9.17, 15) is 18.0 Å². The number of carbonyl (C=O) groups excluding carboxylic acids is 1. The number of likely N-dealkylation sites (N-methyl/N-ethyl adjacent to an activating group) is 1. The summed E-state index contributed by atoms with van der Waals surface area (Å²) in [5, 5.41) is 4.24. The molecule has 0 spiro atoms. The first-order valence-corrected chi connectivity index (χ1v) is 11.3. The van der Waals surface area contributed by atoms with Crippen LogP contribution in [-0.4, -0.2) is 44.3 Å².